The van der Waals surface area contributed by atoms with E-state index in [0.29, 0.717) is 0 Å². The summed E-state index contributed by atoms with van der Waals surface area (Å²) in [6, 6.07) is 39.0. The third-order valence-electron chi connectivity index (χ3n) is 6.27. The van der Waals surface area contributed by atoms with Gasteiger partial charge in [0.25, 0.3) is 0 Å². The van der Waals surface area contributed by atoms with Gasteiger partial charge in [-0.3, -0.25) is 5.01 Å². The summed E-state index contributed by atoms with van der Waals surface area (Å²) >= 11 is 0. The number of nitrogens with zero attached hydrogens (tertiary/aromatic N) is 1. The normalized spacial score (nSPS) is 16.0. The number of hydrazine groups is 1. The van der Waals surface area contributed by atoms with Crippen LogP contribution >= 0.6 is 0 Å². The molecule has 1 heterocycles. The smallest absolute Gasteiger partial charge is 0.0720 e. The van der Waals surface area contributed by atoms with Crippen LogP contribution in [0.5, 0.6) is 0 Å². The highest BCUT2D eigenvalue weighted by atomic mass is 15.5. The summed E-state index contributed by atoms with van der Waals surface area (Å²) in [5.74, 6) is 0. The van der Waals surface area contributed by atoms with Crippen LogP contribution in [-0.4, -0.2) is 0 Å². The SMILES string of the molecule is CC(C)(C)c1ccc(C2=CC(c3ccc(-c4ccccc4)cc3)NN2c2ccccc2)cc1. The first-order valence-electron chi connectivity index (χ1n) is 11.6. The van der Waals surface area contributed by atoms with Crippen molar-refractivity contribution in [3.05, 3.63) is 132 Å². The van der Waals surface area contributed by atoms with Crippen LogP contribution in [0.25, 0.3) is 16.8 Å². The van der Waals surface area contributed by atoms with Gasteiger partial charge >= 0.3 is 0 Å². The van der Waals surface area contributed by atoms with Crippen LogP contribution in [0.2, 0.25) is 0 Å². The molecule has 164 valence electrons. The summed E-state index contributed by atoms with van der Waals surface area (Å²) in [6.07, 6.45) is 2.33. The molecule has 0 aliphatic carbocycles. The van der Waals surface area contributed by atoms with Gasteiger partial charge in [0.2, 0.25) is 0 Å². The van der Waals surface area contributed by atoms with Crippen LogP contribution in [0.4, 0.5) is 5.69 Å². The Bertz CT molecular complexity index is 1230. The fourth-order valence-electron chi connectivity index (χ4n) is 4.32. The van der Waals surface area contributed by atoms with Crippen LogP contribution < -0.4 is 10.4 Å². The molecule has 0 radical (unpaired) electrons. The van der Waals surface area contributed by atoms with E-state index in [9.17, 15) is 0 Å². The Morgan fingerprint density at radius 2 is 1.15 bits per heavy atom. The number of benzene rings is 4. The molecule has 0 bridgehead atoms. The average Bonchev–Trinajstić information content (AvgIpc) is 3.30. The van der Waals surface area contributed by atoms with Crippen molar-refractivity contribution in [1.29, 1.82) is 0 Å². The highest BCUT2D eigenvalue weighted by molar-refractivity contribution is 5.81. The zero-order chi connectivity index (χ0) is 22.8. The maximum atomic E-state index is 3.72. The average molecular weight is 431 g/mol. The minimum atomic E-state index is 0.104. The maximum Gasteiger partial charge on any atom is 0.0720 e. The molecule has 0 spiro atoms. The van der Waals surface area contributed by atoms with Gasteiger partial charge in [-0.05, 0) is 51.4 Å². The summed E-state index contributed by atoms with van der Waals surface area (Å²) in [5.41, 5.74) is 12.4. The highest BCUT2D eigenvalue weighted by Gasteiger charge is 2.26. The molecule has 2 heteroatoms. The minimum absolute atomic E-state index is 0.104. The van der Waals surface area contributed by atoms with Gasteiger partial charge in [-0.25, -0.2) is 5.43 Å². The second-order valence-electron chi connectivity index (χ2n) is 9.65. The molecule has 0 fully saturated rings. The largest absolute Gasteiger partial charge is 0.276 e. The van der Waals surface area contributed by atoms with Crippen molar-refractivity contribution in [3.63, 3.8) is 0 Å². The Balaban J connectivity index is 1.48. The first-order chi connectivity index (χ1) is 16.0. The lowest BCUT2D eigenvalue weighted by Gasteiger charge is -2.25. The Morgan fingerprint density at radius 1 is 0.606 bits per heavy atom. The molecule has 1 aliphatic rings. The zero-order valence-electron chi connectivity index (χ0n) is 19.5. The molecule has 0 aromatic heterocycles. The predicted octanol–water partition coefficient (Wildman–Crippen LogP) is 7.76. The minimum Gasteiger partial charge on any atom is -0.276 e. The molecule has 0 saturated carbocycles. The number of hydrogen-bond donors (Lipinski definition) is 1. The summed E-state index contributed by atoms with van der Waals surface area (Å²) in [5, 5.41) is 2.21. The summed E-state index contributed by atoms with van der Waals surface area (Å²) in [7, 11) is 0. The van der Waals surface area contributed by atoms with Gasteiger partial charge in [-0.1, -0.05) is 118 Å². The Labute approximate surface area is 197 Å². The Morgan fingerprint density at radius 3 is 1.76 bits per heavy atom. The summed E-state index contributed by atoms with van der Waals surface area (Å²) in [6.45, 7) is 6.76. The van der Waals surface area contributed by atoms with Gasteiger partial charge in [0.05, 0.1) is 17.4 Å². The molecule has 1 unspecified atom stereocenters. The molecule has 33 heavy (non-hydrogen) atoms. The van der Waals surface area contributed by atoms with Crippen molar-refractivity contribution in [2.75, 3.05) is 5.01 Å². The predicted molar refractivity (Wildman–Crippen MR) is 140 cm³/mol. The monoisotopic (exact) mass is 430 g/mol. The van der Waals surface area contributed by atoms with E-state index in [1.54, 1.807) is 0 Å². The van der Waals surface area contributed by atoms with Crippen molar-refractivity contribution < 1.29 is 0 Å². The van der Waals surface area contributed by atoms with Crippen LogP contribution in [0.3, 0.4) is 0 Å². The van der Waals surface area contributed by atoms with E-state index >= 15 is 0 Å². The van der Waals surface area contributed by atoms with E-state index in [1.165, 1.54) is 33.5 Å². The quantitative estimate of drug-likeness (QED) is 0.356. The molecule has 4 aromatic rings. The molecule has 5 rings (SSSR count). The summed E-state index contributed by atoms with van der Waals surface area (Å²) < 4.78 is 0. The van der Waals surface area contributed by atoms with Gasteiger partial charge < -0.3 is 0 Å². The summed E-state index contributed by atoms with van der Waals surface area (Å²) in [4.78, 5) is 0. The van der Waals surface area contributed by atoms with Crippen LogP contribution in [0.15, 0.2) is 115 Å². The molecule has 2 nitrogen and oxygen atoms in total. The Kier molecular flexibility index (Phi) is 5.62. The van der Waals surface area contributed by atoms with Crippen molar-refractivity contribution in [2.24, 2.45) is 0 Å². The van der Waals surface area contributed by atoms with E-state index in [2.05, 4.69) is 146 Å². The Hall–Kier alpha value is -3.62. The molecule has 0 amide bonds. The second kappa shape index (κ2) is 8.73. The number of hydrogen-bond acceptors (Lipinski definition) is 2. The molecular weight excluding hydrogens is 400 g/mol. The van der Waals surface area contributed by atoms with Crippen molar-refractivity contribution in [2.45, 2.75) is 32.2 Å². The molecule has 1 atom stereocenters. The van der Waals surface area contributed by atoms with Crippen LogP contribution in [0.1, 0.15) is 43.5 Å². The van der Waals surface area contributed by atoms with E-state index < -0.39 is 0 Å². The highest BCUT2D eigenvalue weighted by Crippen LogP contribution is 2.35. The fraction of sp³-hybridized carbons (Fsp3) is 0.161. The molecule has 4 aromatic carbocycles. The van der Waals surface area contributed by atoms with Crippen molar-refractivity contribution >= 4 is 11.4 Å². The van der Waals surface area contributed by atoms with Gasteiger partial charge in [-0.15, -0.1) is 0 Å². The third-order valence-corrected chi connectivity index (χ3v) is 6.27. The standard InChI is InChI=1S/C31H30N2/c1-31(2,3)27-20-18-26(19-21-27)30-22-29(32-33(30)28-12-8-5-9-13-28)25-16-14-24(15-17-25)23-10-6-4-7-11-23/h4-22,29,32H,1-3H3. The molecule has 0 saturated heterocycles. The van der Waals surface area contributed by atoms with Gasteiger partial charge in [-0.2, -0.15) is 0 Å². The first-order valence-corrected chi connectivity index (χ1v) is 11.6. The van der Waals surface area contributed by atoms with Crippen LogP contribution in [0, 0.1) is 0 Å². The van der Waals surface area contributed by atoms with Gasteiger partial charge in [0.1, 0.15) is 0 Å². The van der Waals surface area contributed by atoms with Gasteiger partial charge in [0.15, 0.2) is 0 Å². The molecule has 1 N–H and O–H groups in total. The molecule has 1 aliphatic heterocycles. The van der Waals surface area contributed by atoms with Gasteiger partial charge in [0, 0.05) is 0 Å². The zero-order valence-corrected chi connectivity index (χ0v) is 19.5. The van der Waals surface area contributed by atoms with E-state index in [0.717, 1.165) is 5.69 Å². The van der Waals surface area contributed by atoms with E-state index in [1.807, 2.05) is 0 Å². The van der Waals surface area contributed by atoms with E-state index in [4.69, 9.17) is 0 Å². The lowest BCUT2D eigenvalue weighted by Crippen LogP contribution is -2.33. The fourth-order valence-corrected chi connectivity index (χ4v) is 4.32. The molecular formula is C31H30N2. The topological polar surface area (TPSA) is 15.3 Å². The lowest BCUT2D eigenvalue weighted by atomic mass is 9.86. The van der Waals surface area contributed by atoms with E-state index in [-0.39, 0.29) is 11.5 Å². The third kappa shape index (κ3) is 4.48. The maximum absolute atomic E-state index is 3.72. The lowest BCUT2D eigenvalue weighted by molar-refractivity contribution is 0.590. The number of para-hydroxylation sites is 1. The van der Waals surface area contributed by atoms with Crippen molar-refractivity contribution in [1.82, 2.24) is 5.43 Å². The van der Waals surface area contributed by atoms with Crippen LogP contribution in [-0.2, 0) is 5.41 Å². The second-order valence-corrected chi connectivity index (χ2v) is 9.65. The van der Waals surface area contributed by atoms with Crippen molar-refractivity contribution in [3.8, 4) is 11.1 Å². The number of anilines is 1. The number of rotatable bonds is 4. The number of nitrogens with one attached hydrogen (secondary N) is 1. The first kappa shape index (κ1) is 21.2.